The lowest BCUT2D eigenvalue weighted by Crippen LogP contribution is -2.39. The number of carbonyl (C=O) groups excluding carboxylic acids is 1. The fourth-order valence-electron chi connectivity index (χ4n) is 1.74. The van der Waals surface area contributed by atoms with Gasteiger partial charge in [-0.25, -0.2) is 0 Å². The van der Waals surface area contributed by atoms with Gasteiger partial charge in [0.25, 0.3) is 0 Å². The second kappa shape index (κ2) is 7.65. The Morgan fingerprint density at radius 2 is 2.00 bits per heavy atom. The molecule has 0 fully saturated rings. The van der Waals surface area contributed by atoms with Gasteiger partial charge in [-0.3, -0.25) is 4.79 Å². The SMILES string of the molecule is CCOC(=O)C(/C=C/c1ccccc1)[Si](C)(C)CBr. The molecule has 0 spiro atoms. The Balaban J connectivity index is 2.92. The molecular weight excluding hydrogens is 320 g/mol. The predicted octanol–water partition coefficient (Wildman–Crippen LogP) is 4.28. The minimum absolute atomic E-state index is 0.106. The molecule has 4 heteroatoms. The van der Waals surface area contributed by atoms with Crippen LogP contribution in [0.2, 0.25) is 18.6 Å². The topological polar surface area (TPSA) is 26.3 Å². The van der Waals surface area contributed by atoms with E-state index in [-0.39, 0.29) is 11.5 Å². The maximum Gasteiger partial charge on any atom is 0.309 e. The molecule has 0 heterocycles. The molecule has 0 amide bonds. The van der Waals surface area contributed by atoms with Crippen molar-refractivity contribution in [3.63, 3.8) is 0 Å². The molecule has 0 saturated carbocycles. The zero-order valence-electron chi connectivity index (χ0n) is 11.7. The van der Waals surface area contributed by atoms with Gasteiger partial charge in [0.1, 0.15) is 0 Å². The maximum atomic E-state index is 12.1. The number of hydrogen-bond donors (Lipinski definition) is 0. The number of esters is 1. The minimum atomic E-state index is -1.71. The van der Waals surface area contributed by atoms with Crippen molar-refractivity contribution in [1.82, 2.24) is 0 Å². The quantitative estimate of drug-likeness (QED) is 0.439. The van der Waals surface area contributed by atoms with Crippen LogP contribution in [0, 0.1) is 0 Å². The van der Waals surface area contributed by atoms with E-state index >= 15 is 0 Å². The van der Waals surface area contributed by atoms with Crippen molar-refractivity contribution in [2.75, 3.05) is 11.6 Å². The van der Waals surface area contributed by atoms with Crippen LogP contribution in [0.3, 0.4) is 0 Å². The summed E-state index contributed by atoms with van der Waals surface area (Å²) in [6.45, 7) is 6.66. The van der Waals surface area contributed by atoms with Gasteiger partial charge in [-0.2, -0.15) is 0 Å². The third-order valence-corrected chi connectivity index (χ3v) is 10.1. The second-order valence-corrected chi connectivity index (χ2v) is 11.7. The van der Waals surface area contributed by atoms with Gasteiger partial charge in [0.05, 0.1) is 20.2 Å². The Kier molecular flexibility index (Phi) is 6.52. The van der Waals surface area contributed by atoms with Crippen molar-refractivity contribution in [2.24, 2.45) is 0 Å². The lowest BCUT2D eigenvalue weighted by atomic mass is 10.2. The molecule has 0 aliphatic carbocycles. The summed E-state index contributed by atoms with van der Waals surface area (Å²) in [5.41, 5.74) is 0.989. The Morgan fingerprint density at radius 3 is 2.53 bits per heavy atom. The number of rotatable bonds is 6. The summed E-state index contributed by atoms with van der Waals surface area (Å²) >= 11 is 3.54. The van der Waals surface area contributed by atoms with Crippen molar-refractivity contribution in [3.05, 3.63) is 42.0 Å². The molecule has 1 rings (SSSR count). The van der Waals surface area contributed by atoms with Gasteiger partial charge in [0, 0.05) is 0 Å². The van der Waals surface area contributed by atoms with Crippen LogP contribution in [-0.4, -0.2) is 25.6 Å². The van der Waals surface area contributed by atoms with Crippen LogP contribution in [0.25, 0.3) is 6.08 Å². The Bertz CT molecular complexity index is 429. The number of benzene rings is 1. The Morgan fingerprint density at radius 1 is 1.37 bits per heavy atom. The summed E-state index contributed by atoms with van der Waals surface area (Å²) in [7, 11) is -1.71. The molecule has 1 atom stereocenters. The standard InChI is InChI=1S/C15H21BrO2Si/c1-4-18-15(17)14(19(2,3)12-16)11-10-13-8-6-5-7-9-13/h5-11,14H,4,12H2,1-3H3/b11-10+. The number of ether oxygens (including phenoxy) is 1. The molecule has 0 radical (unpaired) electrons. The van der Waals surface area contributed by atoms with Crippen molar-refractivity contribution in [2.45, 2.75) is 25.6 Å². The van der Waals surface area contributed by atoms with Crippen molar-refractivity contribution >= 4 is 36.0 Å². The van der Waals surface area contributed by atoms with E-state index in [4.69, 9.17) is 4.74 Å². The first-order valence-electron chi connectivity index (χ1n) is 6.47. The monoisotopic (exact) mass is 340 g/mol. The molecule has 0 aromatic heterocycles. The third-order valence-electron chi connectivity index (χ3n) is 3.01. The molecular formula is C15H21BrO2Si. The summed E-state index contributed by atoms with van der Waals surface area (Å²) < 4.78 is 5.20. The lowest BCUT2D eigenvalue weighted by Gasteiger charge is -2.26. The maximum absolute atomic E-state index is 12.1. The number of carbonyl (C=O) groups is 1. The average Bonchev–Trinajstić information content (AvgIpc) is 2.40. The normalized spacial score (nSPS) is 13.5. The Labute approximate surface area is 125 Å². The van der Waals surface area contributed by atoms with Crippen LogP contribution in [-0.2, 0) is 9.53 Å². The molecule has 1 unspecified atom stereocenters. The van der Waals surface area contributed by atoms with Crippen LogP contribution in [0.1, 0.15) is 12.5 Å². The average molecular weight is 341 g/mol. The second-order valence-electron chi connectivity index (χ2n) is 5.12. The Hall–Kier alpha value is -0.873. The van der Waals surface area contributed by atoms with E-state index in [1.807, 2.05) is 49.4 Å². The predicted molar refractivity (Wildman–Crippen MR) is 87.1 cm³/mol. The first-order valence-corrected chi connectivity index (χ1v) is 10.9. The third kappa shape index (κ3) is 4.95. The van der Waals surface area contributed by atoms with Gasteiger partial charge in [-0.15, -0.1) is 0 Å². The zero-order valence-corrected chi connectivity index (χ0v) is 14.3. The van der Waals surface area contributed by atoms with Gasteiger partial charge in [0.2, 0.25) is 0 Å². The molecule has 0 aliphatic rings. The van der Waals surface area contributed by atoms with Crippen LogP contribution < -0.4 is 0 Å². The molecule has 0 aliphatic heterocycles. The highest BCUT2D eigenvalue weighted by atomic mass is 79.9. The number of halogens is 1. The van der Waals surface area contributed by atoms with Crippen LogP contribution in [0.4, 0.5) is 0 Å². The molecule has 1 aromatic carbocycles. The number of alkyl halides is 1. The van der Waals surface area contributed by atoms with Gasteiger partial charge in [-0.1, -0.05) is 71.5 Å². The van der Waals surface area contributed by atoms with Crippen LogP contribution in [0.5, 0.6) is 0 Å². The van der Waals surface area contributed by atoms with Crippen molar-refractivity contribution in [3.8, 4) is 0 Å². The van der Waals surface area contributed by atoms with E-state index in [1.54, 1.807) is 0 Å². The summed E-state index contributed by atoms with van der Waals surface area (Å²) in [6.07, 6.45) is 4.01. The summed E-state index contributed by atoms with van der Waals surface area (Å²) in [4.78, 5) is 13.0. The molecule has 1 aromatic rings. The molecule has 0 bridgehead atoms. The van der Waals surface area contributed by atoms with Gasteiger partial charge >= 0.3 is 5.97 Å². The smallest absolute Gasteiger partial charge is 0.309 e. The highest BCUT2D eigenvalue weighted by molar-refractivity contribution is 9.09. The summed E-state index contributed by atoms with van der Waals surface area (Å²) in [6, 6.07) is 10.0. The minimum Gasteiger partial charge on any atom is -0.466 e. The molecule has 19 heavy (non-hydrogen) atoms. The largest absolute Gasteiger partial charge is 0.466 e. The lowest BCUT2D eigenvalue weighted by molar-refractivity contribution is -0.142. The molecule has 2 nitrogen and oxygen atoms in total. The zero-order chi connectivity index (χ0) is 14.3. The highest BCUT2D eigenvalue weighted by Gasteiger charge is 2.35. The highest BCUT2D eigenvalue weighted by Crippen LogP contribution is 2.27. The van der Waals surface area contributed by atoms with E-state index in [1.165, 1.54) is 0 Å². The fraction of sp³-hybridized carbons (Fsp3) is 0.400. The van der Waals surface area contributed by atoms with Gasteiger partial charge < -0.3 is 4.74 Å². The van der Waals surface area contributed by atoms with Crippen LogP contribution >= 0.6 is 15.9 Å². The van der Waals surface area contributed by atoms with E-state index in [9.17, 15) is 4.79 Å². The van der Waals surface area contributed by atoms with E-state index < -0.39 is 8.07 Å². The summed E-state index contributed by atoms with van der Waals surface area (Å²) in [5.74, 6) is -0.106. The molecule has 0 saturated heterocycles. The summed E-state index contributed by atoms with van der Waals surface area (Å²) in [5, 5.41) is 0. The fourth-order valence-corrected chi connectivity index (χ4v) is 4.30. The number of hydrogen-bond acceptors (Lipinski definition) is 2. The van der Waals surface area contributed by atoms with E-state index in [2.05, 4.69) is 29.0 Å². The van der Waals surface area contributed by atoms with Crippen molar-refractivity contribution in [1.29, 1.82) is 0 Å². The first kappa shape index (κ1) is 16.2. The van der Waals surface area contributed by atoms with Crippen molar-refractivity contribution < 1.29 is 9.53 Å². The van der Waals surface area contributed by atoms with Gasteiger partial charge in [0.15, 0.2) is 0 Å². The van der Waals surface area contributed by atoms with E-state index in [0.29, 0.717) is 6.61 Å². The molecule has 0 N–H and O–H groups in total. The van der Waals surface area contributed by atoms with Gasteiger partial charge in [-0.05, 0) is 17.4 Å². The first-order chi connectivity index (χ1) is 9.01. The van der Waals surface area contributed by atoms with E-state index in [0.717, 1.165) is 10.5 Å². The van der Waals surface area contributed by atoms with Crippen LogP contribution in [0.15, 0.2) is 36.4 Å². The molecule has 104 valence electrons.